The van der Waals surface area contributed by atoms with Gasteiger partial charge in [0.1, 0.15) is 5.78 Å². The van der Waals surface area contributed by atoms with Crippen LogP contribution in [0.3, 0.4) is 0 Å². The molecule has 0 spiro atoms. The minimum absolute atomic E-state index is 0.0914. The van der Waals surface area contributed by atoms with Crippen LogP contribution in [0.4, 0.5) is 0 Å². The van der Waals surface area contributed by atoms with Gasteiger partial charge in [-0.25, -0.2) is 0 Å². The first kappa shape index (κ1) is 15.9. The second kappa shape index (κ2) is 6.52. The zero-order valence-corrected chi connectivity index (χ0v) is 13.5. The molecule has 1 aliphatic heterocycles. The van der Waals surface area contributed by atoms with Crippen LogP contribution in [-0.2, 0) is 4.79 Å². The lowest BCUT2D eigenvalue weighted by Gasteiger charge is -2.35. The number of hydrogen-bond donors (Lipinski definition) is 0. The third-order valence-corrected chi connectivity index (χ3v) is 4.77. The SMILES string of the molecule is CCC1CN(C(C)C(=O)c2ccc(C)c(C)c2)CCC1=O. The molecule has 3 heteroatoms. The predicted octanol–water partition coefficient (Wildman–Crippen LogP) is 3.18. The summed E-state index contributed by atoms with van der Waals surface area (Å²) >= 11 is 0. The van der Waals surface area contributed by atoms with E-state index in [2.05, 4.69) is 11.8 Å². The number of carbonyl (C=O) groups is 2. The molecule has 1 heterocycles. The summed E-state index contributed by atoms with van der Waals surface area (Å²) in [5.74, 6) is 0.593. The summed E-state index contributed by atoms with van der Waals surface area (Å²) in [4.78, 5) is 26.6. The van der Waals surface area contributed by atoms with Gasteiger partial charge in [-0.15, -0.1) is 0 Å². The lowest BCUT2D eigenvalue weighted by Crippen LogP contribution is -2.48. The number of nitrogens with zero attached hydrogens (tertiary/aromatic N) is 1. The molecule has 0 saturated carbocycles. The summed E-state index contributed by atoms with van der Waals surface area (Å²) in [5.41, 5.74) is 3.12. The molecular weight excluding hydrogens is 262 g/mol. The van der Waals surface area contributed by atoms with Crippen molar-refractivity contribution in [2.75, 3.05) is 13.1 Å². The molecule has 2 unspecified atom stereocenters. The Morgan fingerprint density at radius 3 is 2.67 bits per heavy atom. The first-order valence-corrected chi connectivity index (χ1v) is 7.82. The van der Waals surface area contributed by atoms with Crippen molar-refractivity contribution >= 4 is 11.6 Å². The molecule has 0 aliphatic carbocycles. The Morgan fingerprint density at radius 1 is 1.33 bits per heavy atom. The summed E-state index contributed by atoms with van der Waals surface area (Å²) in [6.07, 6.45) is 1.43. The van der Waals surface area contributed by atoms with Gasteiger partial charge in [0.25, 0.3) is 0 Å². The molecule has 1 fully saturated rings. The van der Waals surface area contributed by atoms with Crippen LogP contribution in [0, 0.1) is 19.8 Å². The number of piperidine rings is 1. The fraction of sp³-hybridized carbons (Fsp3) is 0.556. The summed E-state index contributed by atoms with van der Waals surface area (Å²) in [6.45, 7) is 9.50. The quantitative estimate of drug-likeness (QED) is 0.798. The number of Topliss-reactive ketones (excluding diaryl/α,β-unsaturated/α-hetero) is 2. The number of rotatable bonds is 4. The molecule has 0 amide bonds. The largest absolute Gasteiger partial charge is 0.299 e. The summed E-state index contributed by atoms with van der Waals surface area (Å²) in [7, 11) is 0. The summed E-state index contributed by atoms with van der Waals surface area (Å²) in [5, 5.41) is 0. The third kappa shape index (κ3) is 3.41. The Balaban J connectivity index is 2.11. The molecule has 21 heavy (non-hydrogen) atoms. The van der Waals surface area contributed by atoms with E-state index in [-0.39, 0.29) is 17.7 Å². The van der Waals surface area contributed by atoms with E-state index in [1.165, 1.54) is 5.56 Å². The van der Waals surface area contributed by atoms with E-state index in [9.17, 15) is 9.59 Å². The van der Waals surface area contributed by atoms with Crippen molar-refractivity contribution in [3.63, 3.8) is 0 Å². The van der Waals surface area contributed by atoms with Gasteiger partial charge in [-0.1, -0.05) is 19.1 Å². The van der Waals surface area contributed by atoms with Gasteiger partial charge in [-0.3, -0.25) is 14.5 Å². The summed E-state index contributed by atoms with van der Waals surface area (Å²) < 4.78 is 0. The van der Waals surface area contributed by atoms with Crippen LogP contribution in [0.2, 0.25) is 0 Å². The molecule has 1 aliphatic rings. The Kier molecular flexibility index (Phi) is 4.94. The molecule has 0 bridgehead atoms. The van der Waals surface area contributed by atoms with Crippen molar-refractivity contribution in [1.82, 2.24) is 4.90 Å². The van der Waals surface area contributed by atoms with E-state index in [0.717, 1.165) is 17.5 Å². The lowest BCUT2D eigenvalue weighted by molar-refractivity contribution is -0.126. The van der Waals surface area contributed by atoms with Crippen molar-refractivity contribution in [3.05, 3.63) is 34.9 Å². The molecule has 1 saturated heterocycles. The van der Waals surface area contributed by atoms with Crippen molar-refractivity contribution in [3.8, 4) is 0 Å². The smallest absolute Gasteiger partial charge is 0.179 e. The van der Waals surface area contributed by atoms with Crippen molar-refractivity contribution in [1.29, 1.82) is 0 Å². The molecule has 2 atom stereocenters. The number of carbonyl (C=O) groups excluding carboxylic acids is 2. The van der Waals surface area contributed by atoms with Crippen LogP contribution in [-0.4, -0.2) is 35.6 Å². The standard InChI is InChI=1S/C18H25NO2/c1-5-15-11-19(9-8-17(15)20)14(4)18(21)16-7-6-12(2)13(3)10-16/h6-7,10,14-15H,5,8-9,11H2,1-4H3. The van der Waals surface area contributed by atoms with E-state index < -0.39 is 0 Å². The second-order valence-corrected chi connectivity index (χ2v) is 6.16. The molecule has 114 valence electrons. The summed E-state index contributed by atoms with van der Waals surface area (Å²) in [6, 6.07) is 5.73. The van der Waals surface area contributed by atoms with E-state index in [0.29, 0.717) is 25.3 Å². The number of ketones is 2. The number of likely N-dealkylation sites (tertiary alicyclic amines) is 1. The van der Waals surface area contributed by atoms with Crippen molar-refractivity contribution < 1.29 is 9.59 Å². The zero-order valence-electron chi connectivity index (χ0n) is 13.5. The highest BCUT2D eigenvalue weighted by Gasteiger charge is 2.31. The molecule has 0 aromatic heterocycles. The molecule has 1 aromatic rings. The van der Waals surface area contributed by atoms with Crippen LogP contribution >= 0.6 is 0 Å². The highest BCUT2D eigenvalue weighted by atomic mass is 16.1. The van der Waals surface area contributed by atoms with Gasteiger partial charge in [0.2, 0.25) is 0 Å². The number of aryl methyl sites for hydroxylation is 2. The van der Waals surface area contributed by atoms with Gasteiger partial charge in [0.05, 0.1) is 6.04 Å². The van der Waals surface area contributed by atoms with Crippen LogP contribution in [0.1, 0.15) is 48.2 Å². The van der Waals surface area contributed by atoms with Gasteiger partial charge in [0, 0.05) is 31.0 Å². The average Bonchev–Trinajstić information content (AvgIpc) is 2.49. The van der Waals surface area contributed by atoms with Crippen molar-refractivity contribution in [2.45, 2.75) is 46.6 Å². The maximum atomic E-state index is 12.7. The van der Waals surface area contributed by atoms with Crippen LogP contribution in [0.15, 0.2) is 18.2 Å². The first-order valence-electron chi connectivity index (χ1n) is 7.82. The van der Waals surface area contributed by atoms with E-state index in [1.54, 1.807) is 0 Å². The Hall–Kier alpha value is -1.48. The van der Waals surface area contributed by atoms with Crippen LogP contribution in [0.5, 0.6) is 0 Å². The molecule has 2 rings (SSSR count). The van der Waals surface area contributed by atoms with Crippen molar-refractivity contribution in [2.24, 2.45) is 5.92 Å². The average molecular weight is 287 g/mol. The molecule has 0 N–H and O–H groups in total. The fourth-order valence-electron chi connectivity index (χ4n) is 2.94. The Bertz CT molecular complexity index is 550. The second-order valence-electron chi connectivity index (χ2n) is 6.16. The van der Waals surface area contributed by atoms with Gasteiger partial charge in [-0.05, 0) is 44.4 Å². The van der Waals surface area contributed by atoms with Gasteiger partial charge >= 0.3 is 0 Å². The minimum atomic E-state index is -0.158. The number of hydrogen-bond acceptors (Lipinski definition) is 3. The molecule has 0 radical (unpaired) electrons. The fourth-order valence-corrected chi connectivity index (χ4v) is 2.94. The van der Waals surface area contributed by atoms with E-state index in [1.807, 2.05) is 39.0 Å². The molecular formula is C18H25NO2. The normalized spacial score (nSPS) is 21.3. The van der Waals surface area contributed by atoms with Gasteiger partial charge in [-0.2, -0.15) is 0 Å². The monoisotopic (exact) mass is 287 g/mol. The highest BCUT2D eigenvalue weighted by molar-refractivity contribution is 6.00. The zero-order chi connectivity index (χ0) is 15.6. The number of benzene rings is 1. The maximum Gasteiger partial charge on any atom is 0.179 e. The third-order valence-electron chi connectivity index (χ3n) is 4.77. The minimum Gasteiger partial charge on any atom is -0.299 e. The predicted molar refractivity (Wildman–Crippen MR) is 84.7 cm³/mol. The molecule has 1 aromatic carbocycles. The highest BCUT2D eigenvalue weighted by Crippen LogP contribution is 2.20. The Labute approximate surface area is 127 Å². The van der Waals surface area contributed by atoms with E-state index >= 15 is 0 Å². The lowest BCUT2D eigenvalue weighted by atomic mass is 9.91. The van der Waals surface area contributed by atoms with E-state index in [4.69, 9.17) is 0 Å². The molecule has 3 nitrogen and oxygen atoms in total. The maximum absolute atomic E-state index is 12.7. The van der Waals surface area contributed by atoms with Gasteiger partial charge < -0.3 is 0 Å². The topological polar surface area (TPSA) is 37.4 Å². The van der Waals surface area contributed by atoms with Crippen LogP contribution < -0.4 is 0 Å². The first-order chi connectivity index (χ1) is 9.93. The van der Waals surface area contributed by atoms with Crippen LogP contribution in [0.25, 0.3) is 0 Å². The Morgan fingerprint density at radius 2 is 2.05 bits per heavy atom. The van der Waals surface area contributed by atoms with Gasteiger partial charge in [0.15, 0.2) is 5.78 Å².